The Bertz CT molecular complexity index is 657. The van der Waals surface area contributed by atoms with Crippen molar-refractivity contribution in [3.63, 3.8) is 0 Å². The highest BCUT2D eigenvalue weighted by Crippen LogP contribution is 2.36. The van der Waals surface area contributed by atoms with Crippen LogP contribution in [0.4, 0.5) is 5.69 Å². The first kappa shape index (κ1) is 15.1. The number of methoxy groups -OCH3 is 2. The van der Waals surface area contributed by atoms with Crippen LogP contribution in [0.5, 0.6) is 11.5 Å². The molecule has 0 saturated heterocycles. The maximum absolute atomic E-state index is 12.1. The Hall–Kier alpha value is -2.27. The molecule has 2 aromatic rings. The maximum Gasteiger partial charge on any atom is 0.257 e. The summed E-state index contributed by atoms with van der Waals surface area (Å²) in [4.78, 5) is 16.2. The molecule has 0 radical (unpaired) electrons. The van der Waals surface area contributed by atoms with Crippen LogP contribution in [0.25, 0.3) is 0 Å². The second-order valence-electron chi connectivity index (χ2n) is 4.33. The molecule has 0 unspecified atom stereocenters. The summed E-state index contributed by atoms with van der Waals surface area (Å²) < 4.78 is 10.3. The van der Waals surface area contributed by atoms with Gasteiger partial charge in [-0.25, -0.2) is 0 Å². The number of pyridine rings is 1. The summed E-state index contributed by atoms with van der Waals surface area (Å²) in [5.41, 5.74) is 1.74. The van der Waals surface area contributed by atoms with Crippen LogP contribution in [0, 0.1) is 6.92 Å². The number of benzene rings is 1. The predicted molar refractivity (Wildman–Crippen MR) is 81.5 cm³/mol. The molecule has 1 aromatic heterocycles. The number of carbonyl (C=O) groups is 1. The minimum absolute atomic E-state index is 0.295. The number of anilines is 1. The standard InChI is InChI=1S/C15H15ClN2O3/c1-9-4-5-10(8-17-9)15(19)18-12-7-14(21-3)13(20-2)6-11(12)16/h4-8H,1-3H3,(H,18,19). The number of carbonyl (C=O) groups excluding carboxylic acids is 1. The van der Waals surface area contributed by atoms with E-state index in [1.54, 1.807) is 24.3 Å². The molecule has 0 spiro atoms. The van der Waals surface area contributed by atoms with Gasteiger partial charge in [-0.2, -0.15) is 0 Å². The van der Waals surface area contributed by atoms with Crippen molar-refractivity contribution in [1.82, 2.24) is 4.98 Å². The summed E-state index contributed by atoms with van der Waals surface area (Å²) in [5.74, 6) is 0.688. The zero-order valence-electron chi connectivity index (χ0n) is 11.9. The summed E-state index contributed by atoms with van der Waals surface area (Å²) in [6, 6.07) is 6.67. The molecular weight excluding hydrogens is 292 g/mol. The molecule has 1 aromatic carbocycles. The van der Waals surface area contributed by atoms with Crippen molar-refractivity contribution < 1.29 is 14.3 Å². The molecule has 1 amide bonds. The smallest absolute Gasteiger partial charge is 0.257 e. The number of amides is 1. The first-order chi connectivity index (χ1) is 10.0. The van der Waals surface area contributed by atoms with E-state index < -0.39 is 0 Å². The average Bonchev–Trinajstić information content (AvgIpc) is 2.49. The summed E-state index contributed by atoms with van der Waals surface area (Å²) in [7, 11) is 3.03. The highest BCUT2D eigenvalue weighted by Gasteiger charge is 2.13. The van der Waals surface area contributed by atoms with Crippen LogP contribution in [0.15, 0.2) is 30.5 Å². The van der Waals surface area contributed by atoms with E-state index in [0.29, 0.717) is 27.8 Å². The first-order valence-corrected chi connectivity index (χ1v) is 6.58. The highest BCUT2D eigenvalue weighted by molar-refractivity contribution is 6.34. The van der Waals surface area contributed by atoms with Gasteiger partial charge in [-0.1, -0.05) is 11.6 Å². The number of hydrogen-bond acceptors (Lipinski definition) is 4. The monoisotopic (exact) mass is 306 g/mol. The number of aromatic nitrogens is 1. The molecule has 0 fully saturated rings. The zero-order valence-corrected chi connectivity index (χ0v) is 12.7. The number of aryl methyl sites for hydroxylation is 1. The molecule has 2 rings (SSSR count). The lowest BCUT2D eigenvalue weighted by Crippen LogP contribution is -2.12. The van der Waals surface area contributed by atoms with Crippen LogP contribution in [0.2, 0.25) is 5.02 Å². The Morgan fingerprint density at radius 2 is 1.86 bits per heavy atom. The van der Waals surface area contributed by atoms with E-state index in [1.807, 2.05) is 6.92 Å². The van der Waals surface area contributed by atoms with Gasteiger partial charge >= 0.3 is 0 Å². The Morgan fingerprint density at radius 1 is 1.19 bits per heavy atom. The molecule has 0 saturated carbocycles. The predicted octanol–water partition coefficient (Wildman–Crippen LogP) is 3.31. The summed E-state index contributed by atoms with van der Waals surface area (Å²) >= 11 is 6.13. The largest absolute Gasteiger partial charge is 0.493 e. The van der Waals surface area contributed by atoms with Crippen molar-refractivity contribution in [2.75, 3.05) is 19.5 Å². The van der Waals surface area contributed by atoms with Crippen molar-refractivity contribution >= 4 is 23.2 Å². The lowest BCUT2D eigenvalue weighted by atomic mass is 10.2. The molecule has 0 aliphatic carbocycles. The van der Waals surface area contributed by atoms with E-state index in [9.17, 15) is 4.79 Å². The Kier molecular flexibility index (Phi) is 4.65. The fraction of sp³-hybridized carbons (Fsp3) is 0.200. The van der Waals surface area contributed by atoms with Gasteiger partial charge < -0.3 is 14.8 Å². The summed E-state index contributed by atoms with van der Waals surface area (Å²) in [5, 5.41) is 3.09. The number of hydrogen-bond donors (Lipinski definition) is 1. The first-order valence-electron chi connectivity index (χ1n) is 6.20. The Balaban J connectivity index is 2.26. The molecular formula is C15H15ClN2O3. The van der Waals surface area contributed by atoms with Crippen LogP contribution >= 0.6 is 11.6 Å². The van der Waals surface area contributed by atoms with E-state index in [0.717, 1.165) is 5.69 Å². The van der Waals surface area contributed by atoms with Gasteiger partial charge in [0, 0.05) is 24.0 Å². The van der Waals surface area contributed by atoms with Crippen LogP contribution in [-0.4, -0.2) is 25.1 Å². The number of nitrogens with one attached hydrogen (secondary N) is 1. The van der Waals surface area contributed by atoms with Gasteiger partial charge in [0.1, 0.15) is 0 Å². The molecule has 110 valence electrons. The van der Waals surface area contributed by atoms with Gasteiger partial charge in [-0.15, -0.1) is 0 Å². The van der Waals surface area contributed by atoms with Crippen LogP contribution in [0.1, 0.15) is 16.1 Å². The normalized spacial score (nSPS) is 10.1. The molecule has 0 atom stereocenters. The van der Waals surface area contributed by atoms with E-state index in [4.69, 9.17) is 21.1 Å². The molecule has 0 aliphatic rings. The van der Waals surface area contributed by atoms with E-state index in [2.05, 4.69) is 10.3 Å². The van der Waals surface area contributed by atoms with E-state index >= 15 is 0 Å². The van der Waals surface area contributed by atoms with Gasteiger partial charge in [-0.3, -0.25) is 9.78 Å². The van der Waals surface area contributed by atoms with Crippen LogP contribution < -0.4 is 14.8 Å². The fourth-order valence-electron chi connectivity index (χ4n) is 1.75. The van der Waals surface area contributed by atoms with E-state index in [1.165, 1.54) is 20.4 Å². The van der Waals surface area contributed by atoms with Gasteiger partial charge in [0.05, 0.1) is 30.5 Å². The second kappa shape index (κ2) is 6.45. The Labute approximate surface area is 127 Å². The molecule has 21 heavy (non-hydrogen) atoms. The fourth-order valence-corrected chi connectivity index (χ4v) is 1.95. The molecule has 1 N–H and O–H groups in total. The van der Waals surface area contributed by atoms with Gasteiger partial charge in [0.25, 0.3) is 5.91 Å². The minimum Gasteiger partial charge on any atom is -0.493 e. The second-order valence-corrected chi connectivity index (χ2v) is 4.74. The minimum atomic E-state index is -0.295. The van der Waals surface area contributed by atoms with Gasteiger partial charge in [0.2, 0.25) is 0 Å². The van der Waals surface area contributed by atoms with Crippen LogP contribution in [-0.2, 0) is 0 Å². The molecule has 6 heteroatoms. The number of nitrogens with zero attached hydrogens (tertiary/aromatic N) is 1. The number of halogens is 1. The van der Waals surface area contributed by atoms with Crippen molar-refractivity contribution in [3.8, 4) is 11.5 Å². The quantitative estimate of drug-likeness (QED) is 0.941. The third-order valence-corrected chi connectivity index (χ3v) is 3.21. The number of ether oxygens (including phenoxy) is 2. The maximum atomic E-state index is 12.1. The lowest BCUT2D eigenvalue weighted by molar-refractivity contribution is 0.102. The van der Waals surface area contributed by atoms with Crippen molar-refractivity contribution in [2.45, 2.75) is 6.92 Å². The SMILES string of the molecule is COc1cc(Cl)c(NC(=O)c2ccc(C)nc2)cc1OC. The van der Waals surface area contributed by atoms with Gasteiger partial charge in [0.15, 0.2) is 11.5 Å². The Morgan fingerprint density at radius 3 is 2.43 bits per heavy atom. The molecule has 0 bridgehead atoms. The average molecular weight is 307 g/mol. The van der Waals surface area contributed by atoms with Crippen LogP contribution in [0.3, 0.4) is 0 Å². The third-order valence-electron chi connectivity index (χ3n) is 2.89. The topological polar surface area (TPSA) is 60.5 Å². The van der Waals surface area contributed by atoms with Crippen molar-refractivity contribution in [2.24, 2.45) is 0 Å². The van der Waals surface area contributed by atoms with Gasteiger partial charge in [-0.05, 0) is 19.1 Å². The summed E-state index contributed by atoms with van der Waals surface area (Å²) in [6.07, 6.45) is 1.51. The number of rotatable bonds is 4. The zero-order chi connectivity index (χ0) is 15.4. The molecule has 5 nitrogen and oxygen atoms in total. The van der Waals surface area contributed by atoms with E-state index in [-0.39, 0.29) is 5.91 Å². The molecule has 0 aliphatic heterocycles. The highest BCUT2D eigenvalue weighted by atomic mass is 35.5. The third kappa shape index (κ3) is 3.44. The molecule has 1 heterocycles. The lowest BCUT2D eigenvalue weighted by Gasteiger charge is -2.12. The van der Waals surface area contributed by atoms with Crippen molar-refractivity contribution in [1.29, 1.82) is 0 Å². The van der Waals surface area contributed by atoms with Crippen molar-refractivity contribution in [3.05, 3.63) is 46.7 Å². The summed E-state index contributed by atoms with van der Waals surface area (Å²) in [6.45, 7) is 1.85.